The molecule has 2 aromatic rings. The van der Waals surface area contributed by atoms with Crippen LogP contribution in [0.2, 0.25) is 5.02 Å². The number of benzene rings is 2. The second kappa shape index (κ2) is 7.70. The Hall–Kier alpha value is -2.66. The van der Waals surface area contributed by atoms with E-state index in [4.69, 9.17) is 11.6 Å². The van der Waals surface area contributed by atoms with Crippen molar-refractivity contribution in [3.05, 3.63) is 70.2 Å². The summed E-state index contributed by atoms with van der Waals surface area (Å²) in [5.74, 6) is -0.489. The molecule has 1 heterocycles. The van der Waals surface area contributed by atoms with Crippen LogP contribution in [0.4, 0.5) is 0 Å². The molecule has 1 atom stereocenters. The van der Waals surface area contributed by atoms with Crippen molar-refractivity contribution in [2.24, 2.45) is 0 Å². The fourth-order valence-electron chi connectivity index (χ4n) is 2.88. The van der Waals surface area contributed by atoms with E-state index in [1.807, 2.05) is 25.1 Å². The zero-order valence-corrected chi connectivity index (χ0v) is 15.1. The summed E-state index contributed by atoms with van der Waals surface area (Å²) in [5, 5.41) is 3.55. The Morgan fingerprint density at radius 2 is 1.77 bits per heavy atom. The molecule has 2 aromatic carbocycles. The molecule has 134 valence electrons. The SMILES string of the molecule is C[C@H](NC(=O)c1ccc(CN2C(=O)CCC2=O)cc1)c1cccc(Cl)c1. The van der Waals surface area contributed by atoms with E-state index in [1.54, 1.807) is 30.3 Å². The standard InChI is InChI=1S/C20H19ClN2O3/c1-13(16-3-2-4-17(21)11-16)22-20(26)15-7-5-14(6-8-15)12-23-18(24)9-10-19(23)25/h2-8,11,13H,9-10,12H2,1H3,(H,22,26)/t13-/m0/s1. The number of nitrogens with zero attached hydrogens (tertiary/aromatic N) is 1. The van der Waals surface area contributed by atoms with Crippen LogP contribution in [0.5, 0.6) is 0 Å². The number of halogens is 1. The van der Waals surface area contributed by atoms with Gasteiger partial charge in [0.15, 0.2) is 0 Å². The van der Waals surface area contributed by atoms with Crippen molar-refractivity contribution in [2.75, 3.05) is 0 Å². The van der Waals surface area contributed by atoms with Gasteiger partial charge in [-0.25, -0.2) is 0 Å². The number of likely N-dealkylation sites (tertiary alicyclic amines) is 1. The van der Waals surface area contributed by atoms with E-state index in [9.17, 15) is 14.4 Å². The van der Waals surface area contributed by atoms with E-state index in [0.29, 0.717) is 10.6 Å². The van der Waals surface area contributed by atoms with E-state index >= 15 is 0 Å². The molecular formula is C20H19ClN2O3. The highest BCUT2D eigenvalue weighted by atomic mass is 35.5. The molecular weight excluding hydrogens is 352 g/mol. The van der Waals surface area contributed by atoms with Crippen LogP contribution in [0.3, 0.4) is 0 Å². The summed E-state index contributed by atoms with van der Waals surface area (Å²) in [6.07, 6.45) is 0.557. The van der Waals surface area contributed by atoms with Gasteiger partial charge in [-0.2, -0.15) is 0 Å². The van der Waals surface area contributed by atoms with Crippen LogP contribution in [0.25, 0.3) is 0 Å². The molecule has 3 amide bonds. The summed E-state index contributed by atoms with van der Waals surface area (Å²) in [4.78, 5) is 37.0. The Bertz CT molecular complexity index is 832. The smallest absolute Gasteiger partial charge is 0.251 e. The second-order valence-electron chi connectivity index (χ2n) is 6.32. The number of hydrogen-bond acceptors (Lipinski definition) is 3. The quantitative estimate of drug-likeness (QED) is 0.819. The van der Waals surface area contributed by atoms with E-state index in [0.717, 1.165) is 11.1 Å². The maximum Gasteiger partial charge on any atom is 0.251 e. The maximum atomic E-state index is 12.4. The minimum atomic E-state index is -0.197. The number of carbonyl (C=O) groups excluding carboxylic acids is 3. The summed E-state index contributed by atoms with van der Waals surface area (Å²) < 4.78 is 0. The molecule has 0 radical (unpaired) electrons. The van der Waals surface area contributed by atoms with E-state index in [1.165, 1.54) is 4.90 Å². The molecule has 0 aromatic heterocycles. The third kappa shape index (κ3) is 4.11. The zero-order chi connectivity index (χ0) is 18.7. The first kappa shape index (κ1) is 18.1. The summed E-state index contributed by atoms with van der Waals surface area (Å²) in [6.45, 7) is 2.14. The molecule has 1 fully saturated rings. The van der Waals surface area contributed by atoms with Gasteiger partial charge in [-0.05, 0) is 42.3 Å². The van der Waals surface area contributed by atoms with Crippen molar-refractivity contribution < 1.29 is 14.4 Å². The molecule has 0 spiro atoms. The Kier molecular flexibility index (Phi) is 5.38. The normalized spacial score (nSPS) is 15.2. The van der Waals surface area contributed by atoms with Crippen LogP contribution in [0, 0.1) is 0 Å². The van der Waals surface area contributed by atoms with Crippen molar-refractivity contribution in [2.45, 2.75) is 32.4 Å². The van der Waals surface area contributed by atoms with Gasteiger partial charge in [-0.1, -0.05) is 35.9 Å². The van der Waals surface area contributed by atoms with Crippen LogP contribution in [0.1, 0.15) is 47.3 Å². The summed E-state index contributed by atoms with van der Waals surface area (Å²) in [6, 6.07) is 14.1. The number of imide groups is 1. The number of hydrogen-bond donors (Lipinski definition) is 1. The molecule has 1 N–H and O–H groups in total. The van der Waals surface area contributed by atoms with Crippen LogP contribution in [-0.4, -0.2) is 22.6 Å². The Labute approximate surface area is 156 Å². The highest BCUT2D eigenvalue weighted by Gasteiger charge is 2.28. The highest BCUT2D eigenvalue weighted by Crippen LogP contribution is 2.19. The van der Waals surface area contributed by atoms with Gasteiger partial charge in [-0.15, -0.1) is 0 Å². The summed E-state index contributed by atoms with van der Waals surface area (Å²) in [7, 11) is 0. The Balaban J connectivity index is 1.63. The number of nitrogens with one attached hydrogen (secondary N) is 1. The first-order valence-electron chi connectivity index (χ1n) is 8.42. The molecule has 1 aliphatic rings. The van der Waals surface area contributed by atoms with Crippen molar-refractivity contribution in [3.8, 4) is 0 Å². The fraction of sp³-hybridized carbons (Fsp3) is 0.250. The summed E-state index contributed by atoms with van der Waals surface area (Å²) >= 11 is 5.99. The van der Waals surface area contributed by atoms with Gasteiger partial charge in [0.1, 0.15) is 0 Å². The first-order chi connectivity index (χ1) is 12.4. The molecule has 0 saturated carbocycles. The molecule has 26 heavy (non-hydrogen) atoms. The molecule has 5 nitrogen and oxygen atoms in total. The van der Waals surface area contributed by atoms with E-state index in [-0.39, 0.29) is 43.1 Å². The molecule has 1 aliphatic heterocycles. The monoisotopic (exact) mass is 370 g/mol. The number of amides is 3. The predicted octanol–water partition coefficient (Wildman–Crippen LogP) is 3.48. The van der Waals surface area contributed by atoms with E-state index in [2.05, 4.69) is 5.32 Å². The minimum Gasteiger partial charge on any atom is -0.346 e. The van der Waals surface area contributed by atoms with Crippen molar-refractivity contribution in [3.63, 3.8) is 0 Å². The number of rotatable bonds is 5. The minimum absolute atomic E-state index is 0.146. The first-order valence-corrected chi connectivity index (χ1v) is 8.80. The lowest BCUT2D eigenvalue weighted by atomic mass is 10.1. The lowest BCUT2D eigenvalue weighted by molar-refractivity contribution is -0.139. The van der Waals surface area contributed by atoms with Crippen molar-refractivity contribution >= 4 is 29.3 Å². The lowest BCUT2D eigenvalue weighted by Gasteiger charge is -2.16. The van der Waals surface area contributed by atoms with Gasteiger partial charge >= 0.3 is 0 Å². The van der Waals surface area contributed by atoms with Gasteiger partial charge < -0.3 is 5.32 Å². The van der Waals surface area contributed by atoms with Gasteiger partial charge in [0.2, 0.25) is 11.8 Å². The molecule has 6 heteroatoms. The van der Waals surface area contributed by atoms with Gasteiger partial charge in [0, 0.05) is 23.4 Å². The number of carbonyl (C=O) groups is 3. The van der Waals surface area contributed by atoms with Gasteiger partial charge in [0.05, 0.1) is 12.6 Å². The summed E-state index contributed by atoms with van der Waals surface area (Å²) in [5.41, 5.74) is 2.25. The zero-order valence-electron chi connectivity index (χ0n) is 14.4. The Morgan fingerprint density at radius 1 is 1.12 bits per heavy atom. The fourth-order valence-corrected chi connectivity index (χ4v) is 3.08. The second-order valence-corrected chi connectivity index (χ2v) is 6.76. The lowest BCUT2D eigenvalue weighted by Crippen LogP contribution is -2.28. The molecule has 0 aliphatic carbocycles. The largest absolute Gasteiger partial charge is 0.346 e. The Morgan fingerprint density at radius 3 is 2.38 bits per heavy atom. The van der Waals surface area contributed by atoms with Crippen LogP contribution < -0.4 is 5.32 Å². The van der Waals surface area contributed by atoms with Crippen molar-refractivity contribution in [1.29, 1.82) is 0 Å². The van der Waals surface area contributed by atoms with E-state index < -0.39 is 0 Å². The highest BCUT2D eigenvalue weighted by molar-refractivity contribution is 6.30. The molecule has 0 unspecified atom stereocenters. The average molecular weight is 371 g/mol. The maximum absolute atomic E-state index is 12.4. The van der Waals surface area contributed by atoms with Crippen LogP contribution in [-0.2, 0) is 16.1 Å². The molecule has 1 saturated heterocycles. The van der Waals surface area contributed by atoms with Gasteiger partial charge in [0.25, 0.3) is 5.91 Å². The van der Waals surface area contributed by atoms with Crippen LogP contribution in [0.15, 0.2) is 48.5 Å². The predicted molar refractivity (Wildman–Crippen MR) is 98.6 cm³/mol. The topological polar surface area (TPSA) is 66.5 Å². The average Bonchev–Trinajstić information content (AvgIpc) is 2.94. The third-order valence-electron chi connectivity index (χ3n) is 4.41. The van der Waals surface area contributed by atoms with Crippen LogP contribution >= 0.6 is 11.6 Å². The molecule has 0 bridgehead atoms. The third-order valence-corrected chi connectivity index (χ3v) is 4.64. The van der Waals surface area contributed by atoms with Gasteiger partial charge in [-0.3, -0.25) is 19.3 Å². The van der Waals surface area contributed by atoms with Crippen molar-refractivity contribution in [1.82, 2.24) is 10.2 Å². The molecule has 3 rings (SSSR count).